The van der Waals surface area contributed by atoms with E-state index in [1.165, 1.54) is 167 Å². The summed E-state index contributed by atoms with van der Waals surface area (Å²) < 4.78 is 0. The lowest BCUT2D eigenvalue weighted by atomic mass is 9.94. The minimum atomic E-state index is -0.571. The molecule has 0 saturated heterocycles. The van der Waals surface area contributed by atoms with E-state index in [4.69, 9.17) is 0 Å². The molecule has 0 amide bonds. The number of carbonyl (C=O) groups is 1. The minimum Gasteiger partial charge on any atom is -0.481 e. The molecule has 0 aliphatic carbocycles. The van der Waals surface area contributed by atoms with Crippen LogP contribution >= 0.6 is 0 Å². The molecule has 0 bridgehead atoms. The van der Waals surface area contributed by atoms with Crippen LogP contribution in [0.25, 0.3) is 0 Å². The molecule has 236 valence electrons. The molecule has 0 aliphatic heterocycles. The smallest absolute Gasteiger partial charge is 0.306 e. The normalized spacial score (nSPS) is 12.7. The van der Waals surface area contributed by atoms with Gasteiger partial charge in [0.2, 0.25) is 0 Å². The molecule has 0 spiro atoms. The Morgan fingerprint density at radius 3 is 0.950 bits per heavy atom. The van der Waals surface area contributed by atoms with Gasteiger partial charge in [0.05, 0.1) is 5.92 Å². The van der Waals surface area contributed by atoms with Crippen LogP contribution in [0, 0.1) is 5.92 Å². The van der Waals surface area contributed by atoms with Crippen LogP contribution in [0.5, 0.6) is 0 Å². The molecule has 2 nitrogen and oxygen atoms in total. The van der Waals surface area contributed by atoms with Gasteiger partial charge < -0.3 is 5.11 Å². The van der Waals surface area contributed by atoms with E-state index in [1.54, 1.807) is 0 Å². The second kappa shape index (κ2) is 34.2. The van der Waals surface area contributed by atoms with Crippen molar-refractivity contribution in [3.8, 4) is 0 Å². The maximum atomic E-state index is 11.7. The van der Waals surface area contributed by atoms with Gasteiger partial charge in [-0.2, -0.15) is 0 Å². The van der Waals surface area contributed by atoms with Crippen LogP contribution in [0.15, 0.2) is 24.3 Å². The molecular weight excluding hydrogens is 488 g/mol. The van der Waals surface area contributed by atoms with Crippen molar-refractivity contribution < 1.29 is 9.90 Å². The van der Waals surface area contributed by atoms with Crippen LogP contribution < -0.4 is 0 Å². The Kier molecular flexibility index (Phi) is 33.3. The summed E-state index contributed by atoms with van der Waals surface area (Å²) >= 11 is 0. The van der Waals surface area contributed by atoms with Crippen LogP contribution in [0.3, 0.4) is 0 Å². The standard InChI is InChI=1S/C38H72O2/c1-3-5-7-9-11-13-15-17-19-20-21-22-24-26-28-30-32-34-36-37(38(39)40)35-33-31-29-27-25-23-18-16-14-12-10-8-6-4-2/h17-19,23,37H,3-16,20-22,24-36H2,1-2H3,(H,39,40)/b19-17?,23-18-. The number of hydrogen-bond acceptors (Lipinski definition) is 1. The first-order valence-electron chi connectivity index (χ1n) is 18.2. The SMILES string of the molecule is CCCCCCCCC=CCCCCCCCCCCC(CCCCCC/C=C\CCCCCCCC)C(=O)O. The molecule has 0 fully saturated rings. The highest BCUT2D eigenvalue weighted by Crippen LogP contribution is 2.20. The van der Waals surface area contributed by atoms with E-state index in [9.17, 15) is 9.90 Å². The largest absolute Gasteiger partial charge is 0.481 e. The number of allylic oxidation sites excluding steroid dienone is 4. The highest BCUT2D eigenvalue weighted by molar-refractivity contribution is 5.69. The predicted molar refractivity (Wildman–Crippen MR) is 179 cm³/mol. The molecular formula is C38H72O2. The van der Waals surface area contributed by atoms with Crippen molar-refractivity contribution in [1.82, 2.24) is 0 Å². The Labute approximate surface area is 252 Å². The lowest BCUT2D eigenvalue weighted by Crippen LogP contribution is -2.13. The van der Waals surface area contributed by atoms with Crippen molar-refractivity contribution in [3.05, 3.63) is 24.3 Å². The Balaban J connectivity index is 3.46. The van der Waals surface area contributed by atoms with E-state index >= 15 is 0 Å². The van der Waals surface area contributed by atoms with Crippen LogP contribution in [-0.4, -0.2) is 11.1 Å². The van der Waals surface area contributed by atoms with E-state index in [1.807, 2.05) is 0 Å². The zero-order valence-corrected chi connectivity index (χ0v) is 27.5. The van der Waals surface area contributed by atoms with E-state index in [2.05, 4.69) is 38.2 Å². The van der Waals surface area contributed by atoms with Gasteiger partial charge in [-0.15, -0.1) is 0 Å². The average Bonchev–Trinajstić information content (AvgIpc) is 2.95. The Morgan fingerprint density at radius 1 is 0.425 bits per heavy atom. The van der Waals surface area contributed by atoms with Gasteiger partial charge in [-0.3, -0.25) is 4.79 Å². The molecule has 0 rings (SSSR count). The molecule has 0 aliphatic rings. The zero-order chi connectivity index (χ0) is 29.2. The summed E-state index contributed by atoms with van der Waals surface area (Å²) in [5.74, 6) is -0.690. The van der Waals surface area contributed by atoms with Gasteiger partial charge in [0, 0.05) is 0 Å². The quantitative estimate of drug-likeness (QED) is 0.0640. The molecule has 1 N–H and O–H groups in total. The van der Waals surface area contributed by atoms with Crippen molar-refractivity contribution in [3.63, 3.8) is 0 Å². The number of unbranched alkanes of at least 4 members (excludes halogenated alkanes) is 24. The first-order valence-corrected chi connectivity index (χ1v) is 18.2. The van der Waals surface area contributed by atoms with Crippen LogP contribution in [0.2, 0.25) is 0 Å². The van der Waals surface area contributed by atoms with Crippen LogP contribution in [0.1, 0.15) is 206 Å². The van der Waals surface area contributed by atoms with Crippen molar-refractivity contribution >= 4 is 5.97 Å². The third-order valence-corrected chi connectivity index (χ3v) is 8.48. The number of hydrogen-bond donors (Lipinski definition) is 1. The third-order valence-electron chi connectivity index (χ3n) is 8.48. The fourth-order valence-corrected chi connectivity index (χ4v) is 5.67. The predicted octanol–water partition coefficient (Wildman–Crippen LogP) is 13.5. The first kappa shape index (κ1) is 39.0. The van der Waals surface area contributed by atoms with Crippen molar-refractivity contribution in [2.45, 2.75) is 206 Å². The maximum Gasteiger partial charge on any atom is 0.306 e. The summed E-state index contributed by atoms with van der Waals surface area (Å²) in [6.07, 6.45) is 47.9. The maximum absolute atomic E-state index is 11.7. The van der Waals surface area contributed by atoms with E-state index < -0.39 is 5.97 Å². The number of rotatable bonds is 33. The van der Waals surface area contributed by atoms with Crippen molar-refractivity contribution in [2.24, 2.45) is 5.92 Å². The summed E-state index contributed by atoms with van der Waals surface area (Å²) in [6, 6.07) is 0. The molecule has 0 heterocycles. The molecule has 0 aromatic heterocycles. The minimum absolute atomic E-state index is 0.119. The summed E-state index contributed by atoms with van der Waals surface area (Å²) in [5.41, 5.74) is 0. The molecule has 0 aromatic rings. The average molecular weight is 561 g/mol. The summed E-state index contributed by atoms with van der Waals surface area (Å²) in [7, 11) is 0. The highest BCUT2D eigenvalue weighted by atomic mass is 16.4. The lowest BCUT2D eigenvalue weighted by Gasteiger charge is -2.12. The second-order valence-electron chi connectivity index (χ2n) is 12.5. The van der Waals surface area contributed by atoms with E-state index in [0.717, 1.165) is 25.7 Å². The molecule has 40 heavy (non-hydrogen) atoms. The van der Waals surface area contributed by atoms with Crippen LogP contribution in [-0.2, 0) is 4.79 Å². The fraction of sp³-hybridized carbons (Fsp3) is 0.868. The van der Waals surface area contributed by atoms with Gasteiger partial charge in [0.15, 0.2) is 0 Å². The highest BCUT2D eigenvalue weighted by Gasteiger charge is 2.16. The lowest BCUT2D eigenvalue weighted by molar-refractivity contribution is -0.142. The summed E-state index contributed by atoms with van der Waals surface area (Å²) in [4.78, 5) is 11.7. The molecule has 0 aromatic carbocycles. The zero-order valence-electron chi connectivity index (χ0n) is 27.5. The fourth-order valence-electron chi connectivity index (χ4n) is 5.67. The van der Waals surface area contributed by atoms with Gasteiger partial charge in [0.25, 0.3) is 0 Å². The summed E-state index contributed by atoms with van der Waals surface area (Å²) in [6.45, 7) is 4.55. The number of aliphatic carboxylic acids is 1. The van der Waals surface area contributed by atoms with Crippen LogP contribution in [0.4, 0.5) is 0 Å². The Morgan fingerprint density at radius 2 is 0.675 bits per heavy atom. The summed E-state index contributed by atoms with van der Waals surface area (Å²) in [5, 5.41) is 9.61. The molecule has 1 unspecified atom stereocenters. The Bertz CT molecular complexity index is 550. The number of carboxylic acid groups (broad SMARTS) is 1. The molecule has 0 radical (unpaired) electrons. The van der Waals surface area contributed by atoms with Crippen molar-refractivity contribution in [1.29, 1.82) is 0 Å². The molecule has 1 atom stereocenters. The van der Waals surface area contributed by atoms with E-state index in [0.29, 0.717) is 0 Å². The number of carboxylic acids is 1. The molecule has 0 saturated carbocycles. The van der Waals surface area contributed by atoms with Gasteiger partial charge in [-0.05, 0) is 64.2 Å². The first-order chi connectivity index (χ1) is 19.7. The second-order valence-corrected chi connectivity index (χ2v) is 12.5. The van der Waals surface area contributed by atoms with Gasteiger partial charge in [-0.25, -0.2) is 0 Å². The third kappa shape index (κ3) is 31.5. The van der Waals surface area contributed by atoms with Crippen molar-refractivity contribution in [2.75, 3.05) is 0 Å². The Hall–Kier alpha value is -1.05. The molecule has 2 heteroatoms. The monoisotopic (exact) mass is 561 g/mol. The van der Waals surface area contributed by atoms with Gasteiger partial charge in [0.1, 0.15) is 0 Å². The van der Waals surface area contributed by atoms with E-state index in [-0.39, 0.29) is 5.92 Å². The van der Waals surface area contributed by atoms with Gasteiger partial charge in [-0.1, -0.05) is 167 Å². The topological polar surface area (TPSA) is 37.3 Å². The van der Waals surface area contributed by atoms with Gasteiger partial charge >= 0.3 is 5.97 Å².